The highest BCUT2D eigenvalue weighted by Gasteiger charge is 2.14. The number of amides is 2. The summed E-state index contributed by atoms with van der Waals surface area (Å²) in [4.78, 5) is 30.8. The second kappa shape index (κ2) is 5.40. The number of aromatic nitrogens is 2. The summed E-state index contributed by atoms with van der Waals surface area (Å²) < 4.78 is 0.689. The average molecular weight is 288 g/mol. The van der Waals surface area contributed by atoms with Gasteiger partial charge in [-0.15, -0.1) is 0 Å². The van der Waals surface area contributed by atoms with E-state index < -0.39 is 11.8 Å². The van der Waals surface area contributed by atoms with Crippen molar-refractivity contribution in [2.45, 2.75) is 0 Å². The molecule has 0 radical (unpaired) electrons. The second-order valence-electron chi connectivity index (χ2n) is 2.99. The van der Waals surface area contributed by atoms with Gasteiger partial charge in [0.25, 0.3) is 0 Å². The van der Waals surface area contributed by atoms with Gasteiger partial charge in [0.2, 0.25) is 17.8 Å². The van der Waals surface area contributed by atoms with E-state index in [1.807, 2.05) is 0 Å². The van der Waals surface area contributed by atoms with E-state index in [9.17, 15) is 9.59 Å². The first-order chi connectivity index (χ1) is 7.49. The van der Waals surface area contributed by atoms with Crippen LogP contribution in [0.2, 0.25) is 0 Å². The van der Waals surface area contributed by atoms with Gasteiger partial charge in [-0.05, 0) is 15.9 Å². The van der Waals surface area contributed by atoms with Gasteiger partial charge in [-0.1, -0.05) is 0 Å². The molecule has 0 bridgehead atoms. The molecule has 0 atom stereocenters. The summed E-state index contributed by atoms with van der Waals surface area (Å²) >= 11 is 3.17. The van der Waals surface area contributed by atoms with E-state index in [1.54, 1.807) is 0 Å². The Morgan fingerprint density at radius 3 is 2.00 bits per heavy atom. The lowest BCUT2D eigenvalue weighted by molar-refractivity contribution is -0.117. The first-order valence-corrected chi connectivity index (χ1v) is 5.07. The minimum absolute atomic E-state index is 0.162. The van der Waals surface area contributed by atoms with E-state index in [1.165, 1.54) is 17.3 Å². The maximum atomic E-state index is 10.8. The van der Waals surface area contributed by atoms with E-state index in [0.717, 1.165) is 0 Å². The largest absolute Gasteiger partial charge is 0.368 e. The van der Waals surface area contributed by atoms with E-state index in [-0.39, 0.29) is 19.0 Å². The van der Waals surface area contributed by atoms with Crippen LogP contribution < -0.4 is 16.4 Å². The zero-order valence-corrected chi connectivity index (χ0v) is 9.85. The van der Waals surface area contributed by atoms with Crippen LogP contribution in [0.5, 0.6) is 0 Å². The Kier molecular flexibility index (Phi) is 4.18. The Bertz CT molecular complexity index is 378. The molecule has 0 aromatic carbocycles. The second-order valence-corrected chi connectivity index (χ2v) is 3.91. The average Bonchev–Trinajstić information content (AvgIpc) is 2.16. The zero-order chi connectivity index (χ0) is 12.1. The van der Waals surface area contributed by atoms with Crippen LogP contribution in [0.25, 0.3) is 0 Å². The normalized spacial score (nSPS) is 9.81. The van der Waals surface area contributed by atoms with E-state index in [2.05, 4.69) is 25.9 Å². The molecular weight excluding hydrogens is 278 g/mol. The monoisotopic (exact) mass is 287 g/mol. The van der Waals surface area contributed by atoms with Gasteiger partial charge in [0.1, 0.15) is 13.1 Å². The molecule has 1 aromatic rings. The third-order valence-electron chi connectivity index (χ3n) is 1.58. The van der Waals surface area contributed by atoms with Gasteiger partial charge in [-0.2, -0.15) is 0 Å². The maximum absolute atomic E-state index is 10.8. The highest BCUT2D eigenvalue weighted by Crippen LogP contribution is 2.10. The number of hydrogen-bond acceptors (Lipinski definition) is 5. The molecule has 0 aliphatic rings. The molecule has 0 saturated heterocycles. The maximum Gasteiger partial charge on any atom is 0.237 e. The van der Waals surface area contributed by atoms with Gasteiger partial charge in [-0.25, -0.2) is 9.97 Å². The van der Waals surface area contributed by atoms with Crippen LogP contribution in [0.4, 0.5) is 5.95 Å². The first kappa shape index (κ1) is 12.4. The molecular formula is C8H10BrN5O2. The van der Waals surface area contributed by atoms with Gasteiger partial charge in [0.15, 0.2) is 0 Å². The van der Waals surface area contributed by atoms with Crippen LogP contribution in [-0.2, 0) is 9.59 Å². The van der Waals surface area contributed by atoms with Crippen molar-refractivity contribution >= 4 is 33.7 Å². The minimum Gasteiger partial charge on any atom is -0.368 e. The Labute approximate surface area is 100.0 Å². The van der Waals surface area contributed by atoms with Crippen molar-refractivity contribution in [2.75, 3.05) is 18.0 Å². The van der Waals surface area contributed by atoms with Crippen LogP contribution in [-0.4, -0.2) is 34.9 Å². The van der Waals surface area contributed by atoms with Crippen LogP contribution in [0.3, 0.4) is 0 Å². The third kappa shape index (κ3) is 3.81. The standard InChI is InChI=1S/C8H10BrN5O2/c9-5-1-12-8(13-2-5)14(3-6(10)15)4-7(11)16/h1-2H,3-4H2,(H2,10,15)(H2,11,16). The molecule has 7 nitrogen and oxygen atoms in total. The molecule has 0 aliphatic heterocycles. The summed E-state index contributed by atoms with van der Waals surface area (Å²) in [5.74, 6) is -0.957. The predicted molar refractivity (Wildman–Crippen MR) is 60.3 cm³/mol. The third-order valence-corrected chi connectivity index (χ3v) is 1.99. The smallest absolute Gasteiger partial charge is 0.237 e. The lowest BCUT2D eigenvalue weighted by Crippen LogP contribution is -2.40. The summed E-state index contributed by atoms with van der Waals surface area (Å²) in [5, 5.41) is 0. The van der Waals surface area contributed by atoms with Crippen molar-refractivity contribution in [1.29, 1.82) is 0 Å². The van der Waals surface area contributed by atoms with Crippen molar-refractivity contribution in [3.05, 3.63) is 16.9 Å². The van der Waals surface area contributed by atoms with Crippen LogP contribution >= 0.6 is 15.9 Å². The molecule has 0 aliphatic carbocycles. The van der Waals surface area contributed by atoms with E-state index in [0.29, 0.717) is 4.47 Å². The Morgan fingerprint density at radius 1 is 1.19 bits per heavy atom. The number of nitrogens with zero attached hydrogens (tertiary/aromatic N) is 3. The highest BCUT2D eigenvalue weighted by molar-refractivity contribution is 9.10. The summed E-state index contributed by atoms with van der Waals surface area (Å²) in [7, 11) is 0. The molecule has 4 N–H and O–H groups in total. The molecule has 1 aromatic heterocycles. The SMILES string of the molecule is NC(=O)CN(CC(N)=O)c1ncc(Br)cn1. The van der Waals surface area contributed by atoms with Crippen molar-refractivity contribution in [2.24, 2.45) is 11.5 Å². The molecule has 2 amide bonds. The number of hydrogen-bond donors (Lipinski definition) is 2. The van der Waals surface area contributed by atoms with Gasteiger partial charge in [0.05, 0.1) is 4.47 Å². The quantitative estimate of drug-likeness (QED) is 0.722. The summed E-state index contributed by atoms with van der Waals surface area (Å²) in [5.41, 5.74) is 10.1. The molecule has 8 heteroatoms. The molecule has 1 rings (SSSR count). The van der Waals surface area contributed by atoms with E-state index >= 15 is 0 Å². The molecule has 0 spiro atoms. The van der Waals surface area contributed by atoms with Crippen LogP contribution in [0, 0.1) is 0 Å². The summed E-state index contributed by atoms with van der Waals surface area (Å²) in [6.45, 7) is -0.324. The Morgan fingerprint density at radius 2 is 1.62 bits per heavy atom. The van der Waals surface area contributed by atoms with Gasteiger partial charge in [-0.3, -0.25) is 9.59 Å². The van der Waals surface area contributed by atoms with Crippen LogP contribution in [0.1, 0.15) is 0 Å². The fourth-order valence-corrected chi connectivity index (χ4v) is 1.25. The lowest BCUT2D eigenvalue weighted by Gasteiger charge is -2.18. The molecule has 0 saturated carbocycles. The molecule has 16 heavy (non-hydrogen) atoms. The van der Waals surface area contributed by atoms with Gasteiger partial charge < -0.3 is 16.4 Å². The molecule has 0 unspecified atom stereocenters. The van der Waals surface area contributed by atoms with E-state index in [4.69, 9.17) is 11.5 Å². The topological polar surface area (TPSA) is 115 Å². The van der Waals surface area contributed by atoms with Crippen molar-refractivity contribution < 1.29 is 9.59 Å². The minimum atomic E-state index is -0.590. The van der Waals surface area contributed by atoms with Gasteiger partial charge in [0, 0.05) is 12.4 Å². The Balaban J connectivity index is 2.86. The van der Waals surface area contributed by atoms with Crippen molar-refractivity contribution in [3.63, 3.8) is 0 Å². The fourth-order valence-electron chi connectivity index (χ4n) is 1.04. The van der Waals surface area contributed by atoms with Crippen molar-refractivity contribution in [3.8, 4) is 0 Å². The first-order valence-electron chi connectivity index (χ1n) is 4.28. The predicted octanol–water partition coefficient (Wildman–Crippen LogP) is -0.984. The molecule has 86 valence electrons. The number of carbonyl (C=O) groups excluding carboxylic acids is 2. The molecule has 1 heterocycles. The zero-order valence-electron chi connectivity index (χ0n) is 8.26. The summed E-state index contributed by atoms with van der Waals surface area (Å²) in [6, 6.07) is 0. The fraction of sp³-hybridized carbons (Fsp3) is 0.250. The number of nitrogens with two attached hydrogens (primary N) is 2. The highest BCUT2D eigenvalue weighted by atomic mass is 79.9. The molecule has 0 fully saturated rings. The lowest BCUT2D eigenvalue weighted by atomic mass is 10.4. The van der Waals surface area contributed by atoms with Crippen molar-refractivity contribution in [1.82, 2.24) is 9.97 Å². The number of rotatable bonds is 5. The number of carbonyl (C=O) groups is 2. The summed E-state index contributed by atoms with van der Waals surface area (Å²) in [6.07, 6.45) is 2.99. The number of anilines is 1. The van der Waals surface area contributed by atoms with Gasteiger partial charge >= 0.3 is 0 Å². The van der Waals surface area contributed by atoms with Crippen LogP contribution in [0.15, 0.2) is 16.9 Å². The Hall–Kier alpha value is -1.70. The number of primary amides is 2. The number of halogens is 1.